The van der Waals surface area contributed by atoms with Crippen LogP contribution in [0.3, 0.4) is 0 Å². The standard InChI is InChI=1S/C19H17Cl2N5S2/c1-8-14(18-23-10(3)25-27-18)16(12-6-5-7-13(20)17(12)21)15(9(2)22-8)19-24-11(4)26-28-19/h5-7,16,22H,1-4H3. The van der Waals surface area contributed by atoms with Gasteiger partial charge in [0.2, 0.25) is 0 Å². The highest BCUT2D eigenvalue weighted by Crippen LogP contribution is 2.50. The summed E-state index contributed by atoms with van der Waals surface area (Å²) >= 11 is 15.8. The van der Waals surface area contributed by atoms with Crippen LogP contribution < -0.4 is 5.32 Å². The van der Waals surface area contributed by atoms with Crippen LogP contribution in [0, 0.1) is 13.8 Å². The van der Waals surface area contributed by atoms with Crippen LogP contribution in [0.2, 0.25) is 10.0 Å². The van der Waals surface area contributed by atoms with E-state index in [4.69, 9.17) is 23.2 Å². The Morgan fingerprint density at radius 2 is 1.39 bits per heavy atom. The second kappa shape index (κ2) is 7.55. The molecule has 0 atom stereocenters. The Morgan fingerprint density at radius 1 is 0.857 bits per heavy atom. The maximum atomic E-state index is 6.68. The van der Waals surface area contributed by atoms with E-state index in [0.717, 1.165) is 49.8 Å². The van der Waals surface area contributed by atoms with Crippen LogP contribution >= 0.6 is 46.3 Å². The van der Waals surface area contributed by atoms with Gasteiger partial charge in [0.05, 0.1) is 10.0 Å². The summed E-state index contributed by atoms with van der Waals surface area (Å²) in [6, 6.07) is 5.72. The monoisotopic (exact) mass is 449 g/mol. The van der Waals surface area contributed by atoms with Gasteiger partial charge in [0.25, 0.3) is 0 Å². The highest BCUT2D eigenvalue weighted by molar-refractivity contribution is 7.07. The smallest absolute Gasteiger partial charge is 0.142 e. The van der Waals surface area contributed by atoms with Crippen molar-refractivity contribution in [1.82, 2.24) is 24.0 Å². The van der Waals surface area contributed by atoms with E-state index in [9.17, 15) is 0 Å². The fraction of sp³-hybridized carbons (Fsp3) is 0.263. The van der Waals surface area contributed by atoms with Crippen molar-refractivity contribution in [2.75, 3.05) is 0 Å². The Balaban J connectivity index is 2.00. The summed E-state index contributed by atoms with van der Waals surface area (Å²) in [5.41, 5.74) is 5.01. The summed E-state index contributed by atoms with van der Waals surface area (Å²) in [4.78, 5) is 9.30. The van der Waals surface area contributed by atoms with Gasteiger partial charge >= 0.3 is 0 Å². The number of nitrogens with zero attached hydrogens (tertiary/aromatic N) is 4. The van der Waals surface area contributed by atoms with Gasteiger partial charge in [0.15, 0.2) is 0 Å². The van der Waals surface area contributed by atoms with E-state index in [0.29, 0.717) is 10.0 Å². The summed E-state index contributed by atoms with van der Waals surface area (Å²) in [7, 11) is 0. The van der Waals surface area contributed by atoms with Crippen molar-refractivity contribution in [3.05, 3.63) is 66.9 Å². The molecule has 2 aromatic heterocycles. The normalized spacial score (nSPS) is 15.4. The third-order valence-corrected chi connectivity index (χ3v) is 7.08. The lowest BCUT2D eigenvalue weighted by Crippen LogP contribution is -2.23. The number of rotatable bonds is 3. The quantitative estimate of drug-likeness (QED) is 0.541. The van der Waals surface area contributed by atoms with E-state index in [1.54, 1.807) is 6.07 Å². The first-order valence-corrected chi connectivity index (χ1v) is 10.9. The first-order valence-electron chi connectivity index (χ1n) is 8.60. The molecule has 5 nitrogen and oxygen atoms in total. The zero-order valence-corrected chi connectivity index (χ0v) is 18.8. The number of benzene rings is 1. The van der Waals surface area contributed by atoms with Crippen LogP contribution in [0.25, 0.3) is 11.1 Å². The minimum absolute atomic E-state index is 0.174. The van der Waals surface area contributed by atoms with Crippen molar-refractivity contribution in [2.45, 2.75) is 33.6 Å². The Bertz CT molecular complexity index is 1070. The van der Waals surface area contributed by atoms with Gasteiger partial charge < -0.3 is 5.32 Å². The average molecular weight is 450 g/mol. The van der Waals surface area contributed by atoms with E-state index >= 15 is 0 Å². The van der Waals surface area contributed by atoms with Crippen molar-refractivity contribution < 1.29 is 0 Å². The number of hydrogen-bond donors (Lipinski definition) is 1. The maximum Gasteiger partial charge on any atom is 0.142 e. The molecule has 9 heteroatoms. The van der Waals surface area contributed by atoms with Gasteiger partial charge in [-0.05, 0) is 62.4 Å². The maximum absolute atomic E-state index is 6.68. The topological polar surface area (TPSA) is 63.6 Å². The molecule has 144 valence electrons. The lowest BCUT2D eigenvalue weighted by Gasteiger charge is -2.31. The number of aryl methyl sites for hydroxylation is 2. The second-order valence-electron chi connectivity index (χ2n) is 6.57. The van der Waals surface area contributed by atoms with Gasteiger partial charge in [-0.2, -0.15) is 8.75 Å². The summed E-state index contributed by atoms with van der Waals surface area (Å²) in [6.07, 6.45) is 0. The Kier molecular flexibility index (Phi) is 5.26. The Morgan fingerprint density at radius 3 is 1.86 bits per heavy atom. The molecule has 0 radical (unpaired) electrons. The molecule has 0 unspecified atom stereocenters. The molecule has 1 N–H and O–H groups in total. The molecule has 0 saturated heterocycles. The SMILES string of the molecule is CC1=C(c2nc(C)ns2)C(c2cccc(Cl)c2Cl)C(c2nc(C)ns2)=C(C)N1. The number of nitrogens with one attached hydrogen (secondary N) is 1. The van der Waals surface area contributed by atoms with Gasteiger partial charge in [0, 0.05) is 28.5 Å². The molecular weight excluding hydrogens is 433 g/mol. The lowest BCUT2D eigenvalue weighted by molar-refractivity contribution is 0.896. The van der Waals surface area contributed by atoms with Crippen molar-refractivity contribution >= 4 is 57.4 Å². The molecule has 1 aliphatic rings. The zero-order chi connectivity index (χ0) is 20.0. The highest BCUT2D eigenvalue weighted by Gasteiger charge is 2.35. The van der Waals surface area contributed by atoms with Gasteiger partial charge in [-0.15, -0.1) is 0 Å². The molecule has 0 saturated carbocycles. The molecule has 3 heterocycles. The molecular formula is C19H17Cl2N5S2. The van der Waals surface area contributed by atoms with Crippen LogP contribution in [-0.4, -0.2) is 18.7 Å². The van der Waals surface area contributed by atoms with Crippen LogP contribution in [0.4, 0.5) is 0 Å². The van der Waals surface area contributed by atoms with E-state index in [-0.39, 0.29) is 5.92 Å². The number of aromatic nitrogens is 4. The molecule has 0 amide bonds. The molecule has 1 aromatic carbocycles. The first-order chi connectivity index (χ1) is 13.4. The molecule has 1 aliphatic heterocycles. The number of hydrogen-bond acceptors (Lipinski definition) is 7. The van der Waals surface area contributed by atoms with E-state index in [2.05, 4.69) is 24.0 Å². The second-order valence-corrected chi connectivity index (χ2v) is 8.86. The molecule has 3 aromatic rings. The molecule has 28 heavy (non-hydrogen) atoms. The minimum Gasteiger partial charge on any atom is -0.362 e. The van der Waals surface area contributed by atoms with E-state index < -0.39 is 0 Å². The van der Waals surface area contributed by atoms with Crippen LogP contribution in [0.1, 0.15) is 47.0 Å². The summed E-state index contributed by atoms with van der Waals surface area (Å²) in [5.74, 6) is 1.32. The summed E-state index contributed by atoms with van der Waals surface area (Å²) < 4.78 is 8.77. The summed E-state index contributed by atoms with van der Waals surface area (Å²) in [5, 5.41) is 6.26. The van der Waals surface area contributed by atoms with E-state index in [1.165, 1.54) is 23.1 Å². The molecule has 0 aliphatic carbocycles. The third-order valence-electron chi connectivity index (χ3n) is 4.57. The molecule has 0 spiro atoms. The lowest BCUT2D eigenvalue weighted by atomic mass is 9.81. The van der Waals surface area contributed by atoms with Gasteiger partial charge in [0.1, 0.15) is 21.7 Å². The third kappa shape index (κ3) is 3.37. The number of dihydropyridines is 1. The van der Waals surface area contributed by atoms with E-state index in [1.807, 2.05) is 39.8 Å². The van der Waals surface area contributed by atoms with Gasteiger partial charge in [-0.1, -0.05) is 35.3 Å². The fourth-order valence-electron chi connectivity index (χ4n) is 3.43. The number of halogens is 2. The van der Waals surface area contributed by atoms with Crippen molar-refractivity contribution in [2.24, 2.45) is 0 Å². The number of allylic oxidation sites excluding steroid dienone is 4. The van der Waals surface area contributed by atoms with Gasteiger partial charge in [-0.3, -0.25) is 0 Å². The average Bonchev–Trinajstić information content (AvgIpc) is 3.25. The predicted molar refractivity (Wildman–Crippen MR) is 117 cm³/mol. The fourth-order valence-corrected chi connectivity index (χ4v) is 5.45. The van der Waals surface area contributed by atoms with Crippen molar-refractivity contribution in [3.63, 3.8) is 0 Å². The van der Waals surface area contributed by atoms with Crippen molar-refractivity contribution in [3.8, 4) is 0 Å². The molecule has 0 fully saturated rings. The highest BCUT2D eigenvalue weighted by atomic mass is 35.5. The van der Waals surface area contributed by atoms with Crippen LogP contribution in [0.15, 0.2) is 29.6 Å². The zero-order valence-electron chi connectivity index (χ0n) is 15.7. The van der Waals surface area contributed by atoms with Crippen LogP contribution in [-0.2, 0) is 0 Å². The largest absolute Gasteiger partial charge is 0.362 e. The first kappa shape index (κ1) is 19.5. The Hall–Kier alpha value is -1.80. The molecule has 4 rings (SSSR count). The minimum atomic E-state index is -0.174. The summed E-state index contributed by atoms with van der Waals surface area (Å²) in [6.45, 7) is 7.87. The van der Waals surface area contributed by atoms with Crippen LogP contribution in [0.5, 0.6) is 0 Å². The predicted octanol–water partition coefficient (Wildman–Crippen LogP) is 5.86. The molecule has 0 bridgehead atoms. The Labute approximate surface area is 181 Å². The van der Waals surface area contributed by atoms with Gasteiger partial charge in [-0.25, -0.2) is 9.97 Å². The van der Waals surface area contributed by atoms with Crippen molar-refractivity contribution in [1.29, 1.82) is 0 Å².